The van der Waals surface area contributed by atoms with E-state index >= 15 is 0 Å². The molecule has 0 bridgehead atoms. The summed E-state index contributed by atoms with van der Waals surface area (Å²) < 4.78 is 10.3. The number of aromatic nitrogens is 2. The maximum absolute atomic E-state index is 11.7. The minimum absolute atomic E-state index is 0.0618. The molecule has 1 aromatic carbocycles. The molecule has 1 amide bonds. The Labute approximate surface area is 141 Å². The van der Waals surface area contributed by atoms with Crippen LogP contribution < -0.4 is 10.2 Å². The van der Waals surface area contributed by atoms with Gasteiger partial charge in [0.25, 0.3) is 0 Å². The quantitative estimate of drug-likeness (QED) is 0.877. The van der Waals surface area contributed by atoms with Crippen LogP contribution in [0.4, 0.5) is 10.5 Å². The molecule has 1 aromatic heterocycles. The van der Waals surface area contributed by atoms with E-state index in [4.69, 9.17) is 9.26 Å². The van der Waals surface area contributed by atoms with Crippen molar-refractivity contribution in [2.75, 3.05) is 18.1 Å². The Morgan fingerprint density at radius 2 is 2.17 bits per heavy atom. The van der Waals surface area contributed by atoms with E-state index in [2.05, 4.69) is 22.4 Å². The van der Waals surface area contributed by atoms with Crippen LogP contribution in [0.15, 0.2) is 28.8 Å². The van der Waals surface area contributed by atoms with Gasteiger partial charge in [-0.25, -0.2) is 4.79 Å². The molecule has 1 aliphatic heterocycles. The van der Waals surface area contributed by atoms with Gasteiger partial charge in [-0.15, -0.1) is 0 Å². The first-order valence-electron chi connectivity index (χ1n) is 8.21. The van der Waals surface area contributed by atoms with Gasteiger partial charge in [0.2, 0.25) is 5.89 Å². The number of carbonyl (C=O) groups excluding carboxylic acids is 1. The Morgan fingerprint density at radius 3 is 2.83 bits per heavy atom. The fourth-order valence-corrected chi connectivity index (χ4v) is 2.72. The summed E-state index contributed by atoms with van der Waals surface area (Å²) in [6, 6.07) is 7.89. The van der Waals surface area contributed by atoms with Gasteiger partial charge in [0.15, 0.2) is 5.82 Å². The predicted molar refractivity (Wildman–Crippen MR) is 88.8 cm³/mol. The third-order valence-corrected chi connectivity index (χ3v) is 4.11. The molecule has 0 aliphatic carbocycles. The van der Waals surface area contributed by atoms with Crippen molar-refractivity contribution in [3.05, 3.63) is 41.5 Å². The highest BCUT2D eigenvalue weighted by Crippen LogP contribution is 2.24. The third-order valence-electron chi connectivity index (χ3n) is 4.11. The van der Waals surface area contributed by atoms with Crippen LogP contribution in [0.3, 0.4) is 0 Å². The zero-order chi connectivity index (χ0) is 17.1. The maximum atomic E-state index is 11.7. The first-order valence-corrected chi connectivity index (χ1v) is 8.21. The van der Waals surface area contributed by atoms with Gasteiger partial charge in [-0.05, 0) is 31.5 Å². The summed E-state index contributed by atoms with van der Waals surface area (Å²) in [4.78, 5) is 17.7. The second kappa shape index (κ2) is 7.00. The topological polar surface area (TPSA) is 80.5 Å². The minimum atomic E-state index is -0.293. The first kappa shape index (κ1) is 16.4. The van der Waals surface area contributed by atoms with E-state index in [0.717, 1.165) is 17.7 Å². The molecule has 24 heavy (non-hydrogen) atoms. The number of aryl methyl sites for hydroxylation is 1. The van der Waals surface area contributed by atoms with Crippen LogP contribution in [-0.4, -0.2) is 29.4 Å². The number of cyclic esters (lactones) is 1. The van der Waals surface area contributed by atoms with E-state index in [1.54, 1.807) is 4.90 Å². The van der Waals surface area contributed by atoms with Crippen molar-refractivity contribution in [2.24, 2.45) is 0 Å². The van der Waals surface area contributed by atoms with Crippen LogP contribution in [0.2, 0.25) is 0 Å². The van der Waals surface area contributed by atoms with Crippen LogP contribution in [0.25, 0.3) is 0 Å². The van der Waals surface area contributed by atoms with Crippen molar-refractivity contribution in [1.82, 2.24) is 15.5 Å². The molecule has 0 saturated carbocycles. The van der Waals surface area contributed by atoms with Crippen molar-refractivity contribution in [1.29, 1.82) is 0 Å². The summed E-state index contributed by atoms with van der Waals surface area (Å²) in [6.45, 7) is 7.07. The average Bonchev–Trinajstić information content (AvgIpc) is 3.23. The third kappa shape index (κ3) is 3.41. The molecule has 0 spiro atoms. The van der Waals surface area contributed by atoms with E-state index in [1.807, 2.05) is 38.1 Å². The number of nitrogens with zero attached hydrogens (tertiary/aromatic N) is 3. The second-order valence-corrected chi connectivity index (χ2v) is 5.87. The van der Waals surface area contributed by atoms with Crippen molar-refractivity contribution in [3.63, 3.8) is 0 Å². The number of ether oxygens (including phenoxy) is 1. The number of nitrogens with one attached hydrogen (secondary N) is 1. The number of hydrogen-bond donors (Lipinski definition) is 1. The van der Waals surface area contributed by atoms with Crippen LogP contribution in [0, 0.1) is 0 Å². The summed E-state index contributed by atoms with van der Waals surface area (Å²) >= 11 is 0. The number of benzene rings is 1. The molecule has 0 radical (unpaired) electrons. The van der Waals surface area contributed by atoms with E-state index < -0.39 is 0 Å². The summed E-state index contributed by atoms with van der Waals surface area (Å²) in [5.74, 6) is 1.29. The summed E-state index contributed by atoms with van der Waals surface area (Å²) in [6.07, 6.45) is 0.457. The summed E-state index contributed by atoms with van der Waals surface area (Å²) in [7, 11) is 0. The van der Waals surface area contributed by atoms with Crippen molar-refractivity contribution in [2.45, 2.75) is 39.3 Å². The van der Waals surface area contributed by atoms with Crippen molar-refractivity contribution >= 4 is 11.8 Å². The molecule has 2 heterocycles. The lowest BCUT2D eigenvalue weighted by molar-refractivity contribution is 0.181. The van der Waals surface area contributed by atoms with Crippen LogP contribution in [0.5, 0.6) is 0 Å². The van der Waals surface area contributed by atoms with Crippen LogP contribution >= 0.6 is 0 Å². The predicted octanol–water partition coefficient (Wildman–Crippen LogP) is 3.00. The Balaban J connectivity index is 1.70. The second-order valence-electron chi connectivity index (χ2n) is 5.87. The number of hydrogen-bond acceptors (Lipinski definition) is 6. The molecule has 2 unspecified atom stereocenters. The fourth-order valence-electron chi connectivity index (χ4n) is 2.72. The van der Waals surface area contributed by atoms with Gasteiger partial charge in [0.05, 0.1) is 12.6 Å². The van der Waals surface area contributed by atoms with E-state index in [-0.39, 0.29) is 18.2 Å². The zero-order valence-electron chi connectivity index (χ0n) is 14.2. The molecule has 7 heteroatoms. The average molecular weight is 330 g/mol. The fraction of sp³-hybridized carbons (Fsp3) is 0.471. The van der Waals surface area contributed by atoms with E-state index in [0.29, 0.717) is 24.9 Å². The Morgan fingerprint density at radius 1 is 1.33 bits per heavy atom. The van der Waals surface area contributed by atoms with Gasteiger partial charge >= 0.3 is 6.09 Å². The molecule has 1 fully saturated rings. The Bertz CT molecular complexity index is 715. The number of amides is 1. The van der Waals surface area contributed by atoms with Gasteiger partial charge in [-0.2, -0.15) is 4.98 Å². The lowest BCUT2D eigenvalue weighted by Crippen LogP contribution is -2.25. The van der Waals surface area contributed by atoms with E-state index in [9.17, 15) is 4.79 Å². The molecule has 3 rings (SSSR count). The van der Waals surface area contributed by atoms with Gasteiger partial charge in [0.1, 0.15) is 6.61 Å². The smallest absolute Gasteiger partial charge is 0.414 e. The lowest BCUT2D eigenvalue weighted by atomic mass is 10.1. The number of carbonyl (C=O) groups is 1. The van der Waals surface area contributed by atoms with Crippen molar-refractivity contribution < 1.29 is 14.1 Å². The molecule has 2 atom stereocenters. The molecular weight excluding hydrogens is 308 g/mol. The van der Waals surface area contributed by atoms with Gasteiger partial charge in [0, 0.05) is 18.2 Å². The summed E-state index contributed by atoms with van der Waals surface area (Å²) in [5, 5.41) is 7.37. The van der Waals surface area contributed by atoms with Crippen LogP contribution in [-0.2, 0) is 11.2 Å². The number of anilines is 1. The lowest BCUT2D eigenvalue weighted by Gasteiger charge is -2.20. The molecule has 2 aromatic rings. The molecule has 1 N–H and O–H groups in total. The van der Waals surface area contributed by atoms with Gasteiger partial charge in [-0.1, -0.05) is 24.2 Å². The highest BCUT2D eigenvalue weighted by Gasteiger charge is 2.24. The normalized spacial score (nSPS) is 17.0. The largest absolute Gasteiger partial charge is 0.447 e. The van der Waals surface area contributed by atoms with Gasteiger partial charge in [-0.3, -0.25) is 10.2 Å². The molecule has 7 nitrogen and oxygen atoms in total. The Hall–Kier alpha value is -2.41. The van der Waals surface area contributed by atoms with Crippen molar-refractivity contribution in [3.8, 4) is 0 Å². The minimum Gasteiger partial charge on any atom is -0.447 e. The SMILES string of the molecule is CCc1noc(C(C)NC(C)c2cccc(N3CCOC3=O)c2)n1. The summed E-state index contributed by atoms with van der Waals surface area (Å²) in [5.41, 5.74) is 1.93. The maximum Gasteiger partial charge on any atom is 0.414 e. The van der Waals surface area contributed by atoms with Gasteiger partial charge < -0.3 is 9.26 Å². The molecule has 1 aliphatic rings. The van der Waals surface area contributed by atoms with Crippen LogP contribution in [0.1, 0.15) is 50.1 Å². The highest BCUT2D eigenvalue weighted by atomic mass is 16.6. The standard InChI is InChI=1S/C17H22N4O3/c1-4-15-19-16(24-20-15)12(3)18-11(2)13-6-5-7-14(10-13)21-8-9-23-17(21)22/h5-7,10-12,18H,4,8-9H2,1-3H3. The highest BCUT2D eigenvalue weighted by molar-refractivity contribution is 5.89. The monoisotopic (exact) mass is 330 g/mol. The molecular formula is C17H22N4O3. The zero-order valence-corrected chi connectivity index (χ0v) is 14.2. The number of rotatable bonds is 6. The van der Waals surface area contributed by atoms with E-state index in [1.165, 1.54) is 0 Å². The molecule has 1 saturated heterocycles. The Kier molecular flexibility index (Phi) is 4.80. The molecule has 128 valence electrons. The first-order chi connectivity index (χ1) is 11.6.